The maximum absolute atomic E-state index is 14.3. The molecule has 0 aliphatic carbocycles. The first kappa shape index (κ1) is 19.4. The zero-order valence-electron chi connectivity index (χ0n) is 15.9. The Morgan fingerprint density at radius 2 is 1.14 bits per heavy atom. The van der Waals surface area contributed by atoms with Crippen LogP contribution in [0.4, 0.5) is 8.78 Å². The number of benzene rings is 3. The van der Waals surface area contributed by atoms with Gasteiger partial charge in [0.2, 0.25) is 0 Å². The summed E-state index contributed by atoms with van der Waals surface area (Å²) < 4.78 is 28.7. The molecule has 28 heavy (non-hydrogen) atoms. The summed E-state index contributed by atoms with van der Waals surface area (Å²) in [5.74, 6) is 10.00. The third-order valence-corrected chi connectivity index (χ3v) is 4.28. The summed E-state index contributed by atoms with van der Waals surface area (Å²) in [4.78, 5) is 0. The third-order valence-electron chi connectivity index (χ3n) is 4.28. The fourth-order valence-electron chi connectivity index (χ4n) is 2.70. The van der Waals surface area contributed by atoms with E-state index >= 15 is 0 Å². The number of halogens is 2. The summed E-state index contributed by atoms with van der Waals surface area (Å²) in [6.07, 6.45) is 2.09. The first-order valence-corrected chi connectivity index (χ1v) is 9.24. The highest BCUT2D eigenvalue weighted by molar-refractivity contribution is 5.49. The van der Waals surface area contributed by atoms with E-state index in [1.807, 2.05) is 55.5 Å². The molecule has 0 N–H and O–H groups in total. The Morgan fingerprint density at radius 3 is 1.61 bits per heavy atom. The molecule has 0 aliphatic rings. The van der Waals surface area contributed by atoms with Crippen LogP contribution in [0, 0.1) is 42.2 Å². The Balaban J connectivity index is 1.82. The average Bonchev–Trinajstić information content (AvgIpc) is 2.70. The normalized spacial score (nSPS) is 9.86. The van der Waals surface area contributed by atoms with Gasteiger partial charge in [0.1, 0.15) is 11.6 Å². The van der Waals surface area contributed by atoms with Gasteiger partial charge in [-0.25, -0.2) is 8.78 Å². The van der Waals surface area contributed by atoms with Crippen LogP contribution in [0.1, 0.15) is 46.7 Å². The standard InChI is InChI=1S/C26H20F2/c1-3-4-20-9-11-22(12-10-20)14-16-24-18-25(27)23(17-26(24)28)15-13-21-7-5-19(2)6-8-21/h5-12,17-18H,3-4H2,1-2H3. The van der Waals surface area contributed by atoms with E-state index in [-0.39, 0.29) is 11.1 Å². The van der Waals surface area contributed by atoms with Crippen molar-refractivity contribution >= 4 is 0 Å². The minimum absolute atomic E-state index is 0.0209. The monoisotopic (exact) mass is 370 g/mol. The zero-order valence-corrected chi connectivity index (χ0v) is 15.9. The van der Waals surface area contributed by atoms with E-state index in [1.165, 1.54) is 5.56 Å². The van der Waals surface area contributed by atoms with E-state index in [9.17, 15) is 8.78 Å². The van der Waals surface area contributed by atoms with Crippen LogP contribution >= 0.6 is 0 Å². The molecule has 0 unspecified atom stereocenters. The van der Waals surface area contributed by atoms with Crippen LogP contribution in [-0.2, 0) is 6.42 Å². The number of rotatable bonds is 2. The Kier molecular flexibility index (Phi) is 6.25. The number of hydrogen-bond donors (Lipinski definition) is 0. The van der Waals surface area contributed by atoms with Gasteiger partial charge in [0.05, 0.1) is 11.1 Å². The third kappa shape index (κ3) is 5.09. The van der Waals surface area contributed by atoms with E-state index in [0.29, 0.717) is 0 Å². The Hall–Kier alpha value is -3.36. The first-order chi connectivity index (χ1) is 13.5. The van der Waals surface area contributed by atoms with Gasteiger partial charge in [0, 0.05) is 11.1 Å². The lowest BCUT2D eigenvalue weighted by Gasteiger charge is -2.00. The second-order valence-corrected chi connectivity index (χ2v) is 6.62. The second-order valence-electron chi connectivity index (χ2n) is 6.62. The van der Waals surface area contributed by atoms with Crippen molar-refractivity contribution in [2.75, 3.05) is 0 Å². The van der Waals surface area contributed by atoms with Crippen LogP contribution in [0.5, 0.6) is 0 Å². The molecule has 0 heterocycles. The summed E-state index contributed by atoms with van der Waals surface area (Å²) in [6.45, 7) is 4.10. The van der Waals surface area contributed by atoms with Crippen LogP contribution in [-0.4, -0.2) is 0 Å². The van der Waals surface area contributed by atoms with E-state index in [2.05, 4.69) is 30.6 Å². The molecule has 0 aromatic heterocycles. The Labute approximate surface area is 165 Å². The van der Waals surface area contributed by atoms with Crippen molar-refractivity contribution in [2.45, 2.75) is 26.7 Å². The van der Waals surface area contributed by atoms with Crippen molar-refractivity contribution in [2.24, 2.45) is 0 Å². The van der Waals surface area contributed by atoms with Crippen molar-refractivity contribution < 1.29 is 8.78 Å². The Morgan fingerprint density at radius 1 is 0.679 bits per heavy atom. The largest absolute Gasteiger partial charge is 0.206 e. The molecule has 0 bridgehead atoms. The van der Waals surface area contributed by atoms with Gasteiger partial charge < -0.3 is 0 Å². The molecule has 0 saturated carbocycles. The van der Waals surface area contributed by atoms with Gasteiger partial charge in [0.15, 0.2) is 0 Å². The summed E-state index contributed by atoms with van der Waals surface area (Å²) in [6, 6.07) is 17.6. The molecule has 3 aromatic rings. The van der Waals surface area contributed by atoms with Crippen LogP contribution in [0.3, 0.4) is 0 Å². The van der Waals surface area contributed by atoms with Crippen LogP contribution in [0.15, 0.2) is 60.7 Å². The predicted molar refractivity (Wildman–Crippen MR) is 110 cm³/mol. The molecule has 0 spiro atoms. The molecule has 3 rings (SSSR count). The number of aryl methyl sites for hydroxylation is 2. The molecule has 138 valence electrons. The fraction of sp³-hybridized carbons (Fsp3) is 0.154. The highest BCUT2D eigenvalue weighted by atomic mass is 19.1. The van der Waals surface area contributed by atoms with E-state index in [1.54, 1.807) is 0 Å². The van der Waals surface area contributed by atoms with Gasteiger partial charge in [-0.15, -0.1) is 0 Å². The Bertz CT molecular complexity index is 1080. The summed E-state index contributed by atoms with van der Waals surface area (Å²) >= 11 is 0. The maximum atomic E-state index is 14.3. The average molecular weight is 370 g/mol. The highest BCUT2D eigenvalue weighted by Gasteiger charge is 2.07. The van der Waals surface area contributed by atoms with Crippen LogP contribution < -0.4 is 0 Å². The second kappa shape index (κ2) is 9.03. The van der Waals surface area contributed by atoms with E-state index < -0.39 is 11.6 Å². The summed E-state index contributed by atoms with van der Waals surface area (Å²) in [7, 11) is 0. The van der Waals surface area contributed by atoms with Gasteiger partial charge >= 0.3 is 0 Å². The number of hydrogen-bond acceptors (Lipinski definition) is 0. The quantitative estimate of drug-likeness (QED) is 0.484. The van der Waals surface area contributed by atoms with Crippen molar-refractivity contribution in [3.8, 4) is 23.7 Å². The van der Waals surface area contributed by atoms with Gasteiger partial charge in [0.25, 0.3) is 0 Å². The molecule has 0 atom stereocenters. The van der Waals surface area contributed by atoms with Crippen LogP contribution in [0.25, 0.3) is 0 Å². The van der Waals surface area contributed by atoms with E-state index in [4.69, 9.17) is 0 Å². The van der Waals surface area contributed by atoms with E-state index in [0.717, 1.165) is 41.7 Å². The first-order valence-electron chi connectivity index (χ1n) is 9.24. The molecule has 0 amide bonds. The molecule has 0 aliphatic heterocycles. The SMILES string of the molecule is CCCc1ccc(C#Cc2cc(F)c(C#Cc3ccc(C)cc3)cc2F)cc1. The van der Waals surface area contributed by atoms with Crippen molar-refractivity contribution in [1.82, 2.24) is 0 Å². The molecular formula is C26H20F2. The molecule has 2 heteroatoms. The lowest BCUT2D eigenvalue weighted by molar-refractivity contribution is 0.594. The highest BCUT2D eigenvalue weighted by Crippen LogP contribution is 2.14. The molecule has 3 aromatic carbocycles. The van der Waals surface area contributed by atoms with Crippen molar-refractivity contribution in [1.29, 1.82) is 0 Å². The van der Waals surface area contributed by atoms with Crippen molar-refractivity contribution in [3.05, 3.63) is 106 Å². The van der Waals surface area contributed by atoms with Gasteiger partial charge in [-0.05, 0) is 55.3 Å². The van der Waals surface area contributed by atoms with Crippen molar-refractivity contribution in [3.63, 3.8) is 0 Å². The summed E-state index contributed by atoms with van der Waals surface area (Å²) in [5, 5.41) is 0. The zero-order chi connectivity index (χ0) is 19.9. The fourth-order valence-corrected chi connectivity index (χ4v) is 2.70. The van der Waals surface area contributed by atoms with Gasteiger partial charge in [-0.2, -0.15) is 0 Å². The summed E-state index contributed by atoms with van der Waals surface area (Å²) in [5.41, 5.74) is 3.92. The minimum Gasteiger partial charge on any atom is -0.206 e. The minimum atomic E-state index is -0.580. The van der Waals surface area contributed by atoms with Gasteiger partial charge in [-0.3, -0.25) is 0 Å². The maximum Gasteiger partial charge on any atom is 0.140 e. The lowest BCUT2D eigenvalue weighted by Crippen LogP contribution is -1.92. The molecule has 0 saturated heterocycles. The van der Waals surface area contributed by atoms with Crippen LogP contribution in [0.2, 0.25) is 0 Å². The molecule has 0 nitrogen and oxygen atoms in total. The smallest absolute Gasteiger partial charge is 0.140 e. The topological polar surface area (TPSA) is 0 Å². The van der Waals surface area contributed by atoms with Gasteiger partial charge in [-0.1, -0.05) is 66.9 Å². The lowest BCUT2D eigenvalue weighted by atomic mass is 10.1. The molecule has 0 radical (unpaired) electrons. The molecule has 0 fully saturated rings. The molecular weight excluding hydrogens is 350 g/mol. The predicted octanol–water partition coefficient (Wildman–Crippen LogP) is 6.03.